The molecule has 132 valence electrons. The molecule has 7 heteroatoms. The van der Waals surface area contributed by atoms with Crippen LogP contribution in [-0.4, -0.2) is 23.9 Å². The number of amides is 2. The molecule has 0 fully saturated rings. The Morgan fingerprint density at radius 2 is 1.81 bits per heavy atom. The summed E-state index contributed by atoms with van der Waals surface area (Å²) in [5.41, 5.74) is 1.62. The fraction of sp³-hybridized carbons (Fsp3) is 0.0526. The minimum absolute atomic E-state index is 0.304. The molecule has 1 aromatic heterocycles. The van der Waals surface area contributed by atoms with Crippen LogP contribution in [-0.2, 0) is 0 Å². The molecule has 2 aromatic carbocycles. The predicted octanol–water partition coefficient (Wildman–Crippen LogP) is 4.18. The Bertz CT molecular complexity index is 952. The number of hydrogen-bond acceptors (Lipinski definition) is 3. The van der Waals surface area contributed by atoms with Gasteiger partial charge in [0, 0.05) is 18.0 Å². The second-order valence-electron chi connectivity index (χ2n) is 5.42. The average molecular weight is 370 g/mol. The van der Waals surface area contributed by atoms with Gasteiger partial charge in [0.1, 0.15) is 11.4 Å². The summed E-state index contributed by atoms with van der Waals surface area (Å²) >= 11 is 5.82. The second kappa shape index (κ2) is 7.76. The Morgan fingerprint density at radius 1 is 1.00 bits per heavy atom. The summed E-state index contributed by atoms with van der Waals surface area (Å²) in [6, 6.07) is 15.3. The highest BCUT2D eigenvalue weighted by atomic mass is 35.5. The highest BCUT2D eigenvalue weighted by molar-refractivity contribution is 6.31. The molecule has 0 saturated heterocycles. The maximum absolute atomic E-state index is 12.6. The van der Waals surface area contributed by atoms with Crippen LogP contribution >= 0.6 is 11.6 Å². The third-order valence-corrected chi connectivity index (χ3v) is 3.86. The zero-order chi connectivity index (χ0) is 18.5. The topological polar surface area (TPSA) is 83.2 Å². The van der Waals surface area contributed by atoms with Crippen molar-refractivity contribution >= 4 is 34.8 Å². The number of para-hydroxylation sites is 1. The van der Waals surface area contributed by atoms with Crippen molar-refractivity contribution in [3.8, 4) is 5.75 Å². The van der Waals surface area contributed by atoms with Crippen LogP contribution in [0.3, 0.4) is 0 Å². The number of anilines is 2. The number of aromatic amines is 1. The van der Waals surface area contributed by atoms with Crippen molar-refractivity contribution in [2.75, 3.05) is 17.7 Å². The summed E-state index contributed by atoms with van der Waals surface area (Å²) in [5, 5.41) is 5.94. The van der Waals surface area contributed by atoms with Crippen molar-refractivity contribution < 1.29 is 14.3 Å². The maximum atomic E-state index is 12.6. The van der Waals surface area contributed by atoms with Crippen LogP contribution in [0.4, 0.5) is 11.4 Å². The van der Waals surface area contributed by atoms with E-state index in [0.29, 0.717) is 33.4 Å². The number of H-pyrrole nitrogens is 1. The fourth-order valence-corrected chi connectivity index (χ4v) is 2.54. The van der Waals surface area contributed by atoms with Crippen molar-refractivity contribution in [3.05, 3.63) is 77.1 Å². The molecule has 0 aliphatic rings. The van der Waals surface area contributed by atoms with Crippen LogP contribution in [0.1, 0.15) is 20.8 Å². The zero-order valence-corrected chi connectivity index (χ0v) is 14.6. The molecule has 1 heterocycles. The molecular formula is C19H16ClN3O3. The van der Waals surface area contributed by atoms with Crippen LogP contribution in [0.5, 0.6) is 5.75 Å². The van der Waals surface area contributed by atoms with E-state index in [9.17, 15) is 9.59 Å². The van der Waals surface area contributed by atoms with E-state index < -0.39 is 5.91 Å². The van der Waals surface area contributed by atoms with E-state index >= 15 is 0 Å². The summed E-state index contributed by atoms with van der Waals surface area (Å²) in [6.07, 6.45) is 1.51. The first-order valence-corrected chi connectivity index (χ1v) is 8.14. The molecule has 0 radical (unpaired) electrons. The van der Waals surface area contributed by atoms with Gasteiger partial charge in [0.05, 0.1) is 23.4 Å². The number of nitrogens with one attached hydrogen (secondary N) is 3. The zero-order valence-electron chi connectivity index (χ0n) is 13.9. The summed E-state index contributed by atoms with van der Waals surface area (Å²) < 4.78 is 5.15. The van der Waals surface area contributed by atoms with E-state index in [2.05, 4.69) is 15.6 Å². The molecule has 0 bridgehead atoms. The Hall–Kier alpha value is -3.25. The van der Waals surface area contributed by atoms with E-state index in [4.69, 9.17) is 16.3 Å². The number of carbonyl (C=O) groups excluding carboxylic acids is 2. The fourth-order valence-electron chi connectivity index (χ4n) is 2.38. The first kappa shape index (κ1) is 17.6. The quantitative estimate of drug-likeness (QED) is 0.630. The third kappa shape index (κ3) is 4.04. The normalized spacial score (nSPS) is 10.2. The van der Waals surface area contributed by atoms with Crippen molar-refractivity contribution in [1.82, 2.24) is 4.98 Å². The van der Waals surface area contributed by atoms with Crippen LogP contribution in [0, 0.1) is 0 Å². The molecule has 6 nitrogen and oxygen atoms in total. The standard InChI is InChI=1S/C19H16ClN3O3/c1-26-14-6-4-5-13(10-14)22-18(24)15-7-2-3-8-16(15)23-19(25)17-9-12(20)11-21-17/h2-11,21H,1H3,(H,22,24)(H,23,25). The molecule has 0 saturated carbocycles. The molecule has 3 N–H and O–H groups in total. The highest BCUT2D eigenvalue weighted by Crippen LogP contribution is 2.21. The third-order valence-electron chi connectivity index (χ3n) is 3.64. The predicted molar refractivity (Wildman–Crippen MR) is 101 cm³/mol. The summed E-state index contributed by atoms with van der Waals surface area (Å²) in [4.78, 5) is 27.7. The SMILES string of the molecule is COc1cccc(NC(=O)c2ccccc2NC(=O)c2cc(Cl)c[nH]2)c1. The van der Waals surface area contributed by atoms with Gasteiger partial charge in [-0.15, -0.1) is 0 Å². The van der Waals surface area contributed by atoms with Gasteiger partial charge < -0.3 is 20.4 Å². The Kier molecular flexibility index (Phi) is 5.24. The minimum Gasteiger partial charge on any atom is -0.497 e. The Morgan fingerprint density at radius 3 is 2.54 bits per heavy atom. The molecule has 0 aliphatic heterocycles. The van der Waals surface area contributed by atoms with Gasteiger partial charge in [-0.25, -0.2) is 0 Å². The second-order valence-corrected chi connectivity index (χ2v) is 5.85. The molecule has 0 atom stereocenters. The lowest BCUT2D eigenvalue weighted by Gasteiger charge is -2.11. The monoisotopic (exact) mass is 369 g/mol. The number of ether oxygens (including phenoxy) is 1. The Balaban J connectivity index is 1.79. The summed E-state index contributed by atoms with van der Waals surface area (Å²) in [5.74, 6) is -0.106. The van der Waals surface area contributed by atoms with Gasteiger partial charge in [0.2, 0.25) is 0 Å². The highest BCUT2D eigenvalue weighted by Gasteiger charge is 2.15. The van der Waals surface area contributed by atoms with Crippen molar-refractivity contribution in [2.45, 2.75) is 0 Å². The largest absolute Gasteiger partial charge is 0.497 e. The molecule has 3 rings (SSSR count). The average Bonchev–Trinajstić information content (AvgIpc) is 3.09. The van der Waals surface area contributed by atoms with Crippen LogP contribution in [0.25, 0.3) is 0 Å². The van der Waals surface area contributed by atoms with Gasteiger partial charge in [-0.05, 0) is 30.3 Å². The number of hydrogen-bond donors (Lipinski definition) is 3. The lowest BCUT2D eigenvalue weighted by molar-refractivity contribution is 0.102. The molecule has 0 spiro atoms. The molecule has 3 aromatic rings. The van der Waals surface area contributed by atoms with E-state index in [1.165, 1.54) is 12.3 Å². The van der Waals surface area contributed by atoms with Gasteiger partial charge in [-0.2, -0.15) is 0 Å². The maximum Gasteiger partial charge on any atom is 0.272 e. The number of benzene rings is 2. The lowest BCUT2D eigenvalue weighted by atomic mass is 10.1. The van der Waals surface area contributed by atoms with Gasteiger partial charge in [0.15, 0.2) is 0 Å². The number of rotatable bonds is 5. The lowest BCUT2D eigenvalue weighted by Crippen LogP contribution is -2.18. The summed E-state index contributed by atoms with van der Waals surface area (Å²) in [7, 11) is 1.55. The van der Waals surface area contributed by atoms with Crippen LogP contribution < -0.4 is 15.4 Å². The molecule has 0 aliphatic carbocycles. The van der Waals surface area contributed by atoms with Crippen LogP contribution in [0.15, 0.2) is 60.8 Å². The molecule has 26 heavy (non-hydrogen) atoms. The number of aromatic nitrogens is 1. The van der Waals surface area contributed by atoms with E-state index in [-0.39, 0.29) is 5.91 Å². The smallest absolute Gasteiger partial charge is 0.272 e. The van der Waals surface area contributed by atoms with Crippen molar-refractivity contribution in [3.63, 3.8) is 0 Å². The summed E-state index contributed by atoms with van der Waals surface area (Å²) in [6.45, 7) is 0. The van der Waals surface area contributed by atoms with Gasteiger partial charge in [0.25, 0.3) is 11.8 Å². The van der Waals surface area contributed by atoms with Gasteiger partial charge in [-0.1, -0.05) is 29.8 Å². The number of carbonyl (C=O) groups is 2. The first-order valence-electron chi connectivity index (χ1n) is 7.76. The van der Waals surface area contributed by atoms with Crippen LogP contribution in [0.2, 0.25) is 5.02 Å². The van der Waals surface area contributed by atoms with E-state index in [1.54, 1.807) is 55.6 Å². The van der Waals surface area contributed by atoms with E-state index in [1.807, 2.05) is 0 Å². The van der Waals surface area contributed by atoms with Crippen molar-refractivity contribution in [1.29, 1.82) is 0 Å². The van der Waals surface area contributed by atoms with Crippen molar-refractivity contribution in [2.24, 2.45) is 0 Å². The number of halogens is 1. The molecular weight excluding hydrogens is 354 g/mol. The molecule has 0 unspecified atom stereocenters. The Labute approximate surface area is 155 Å². The number of methoxy groups -OCH3 is 1. The van der Waals surface area contributed by atoms with Gasteiger partial charge >= 0.3 is 0 Å². The minimum atomic E-state index is -0.390. The van der Waals surface area contributed by atoms with E-state index in [0.717, 1.165) is 0 Å². The molecule has 2 amide bonds. The van der Waals surface area contributed by atoms with Gasteiger partial charge in [-0.3, -0.25) is 9.59 Å². The first-order chi connectivity index (χ1) is 12.6.